The molecule has 1 heterocycles. The fourth-order valence-corrected chi connectivity index (χ4v) is 2.44. The van der Waals surface area contributed by atoms with Gasteiger partial charge in [-0.2, -0.15) is 0 Å². The Balaban J connectivity index is 1.97. The summed E-state index contributed by atoms with van der Waals surface area (Å²) in [5, 5.41) is 0. The number of carbonyl (C=O) groups is 1. The number of hydrogen-bond donors (Lipinski definition) is 0. The van der Waals surface area contributed by atoms with Crippen LogP contribution < -0.4 is 4.90 Å². The average molecular weight is 282 g/mol. The van der Waals surface area contributed by atoms with E-state index in [9.17, 15) is 13.6 Å². The molecule has 3 nitrogen and oxygen atoms in total. The molecule has 1 aliphatic heterocycles. The number of amides is 1. The van der Waals surface area contributed by atoms with Crippen LogP contribution in [0.15, 0.2) is 18.2 Å². The van der Waals surface area contributed by atoms with Gasteiger partial charge in [-0.25, -0.2) is 8.78 Å². The summed E-state index contributed by atoms with van der Waals surface area (Å²) >= 11 is 0. The Labute approximate surface area is 118 Å². The molecule has 0 N–H and O–H groups in total. The molecule has 2 rings (SSSR count). The minimum absolute atomic E-state index is 0.0409. The van der Waals surface area contributed by atoms with Crippen LogP contribution in [-0.4, -0.2) is 37.5 Å². The van der Waals surface area contributed by atoms with Crippen molar-refractivity contribution in [2.75, 3.05) is 31.6 Å². The molecular formula is C15H20F2N2O. The zero-order chi connectivity index (χ0) is 14.5. The van der Waals surface area contributed by atoms with Crippen molar-refractivity contribution in [2.45, 2.75) is 25.7 Å². The van der Waals surface area contributed by atoms with Gasteiger partial charge in [0.05, 0.1) is 6.54 Å². The molecule has 0 aliphatic carbocycles. The van der Waals surface area contributed by atoms with Crippen molar-refractivity contribution >= 4 is 11.6 Å². The number of anilines is 1. The molecule has 5 heteroatoms. The van der Waals surface area contributed by atoms with Gasteiger partial charge in [-0.15, -0.1) is 0 Å². The van der Waals surface area contributed by atoms with E-state index in [4.69, 9.17) is 0 Å². The summed E-state index contributed by atoms with van der Waals surface area (Å²) in [5.41, 5.74) is 0.507. The fraction of sp³-hybridized carbons (Fsp3) is 0.533. The molecular weight excluding hydrogens is 262 g/mol. The van der Waals surface area contributed by atoms with Gasteiger partial charge in [-0.1, -0.05) is 12.8 Å². The zero-order valence-electron chi connectivity index (χ0n) is 11.7. The molecule has 1 saturated heterocycles. The lowest BCUT2D eigenvalue weighted by Crippen LogP contribution is -2.39. The Hall–Kier alpha value is -1.65. The van der Waals surface area contributed by atoms with E-state index >= 15 is 0 Å². The van der Waals surface area contributed by atoms with Crippen LogP contribution in [0, 0.1) is 11.6 Å². The predicted octanol–water partition coefficient (Wildman–Crippen LogP) is 2.80. The van der Waals surface area contributed by atoms with Gasteiger partial charge in [0.25, 0.3) is 0 Å². The lowest BCUT2D eigenvalue weighted by Gasteiger charge is -2.25. The van der Waals surface area contributed by atoms with Crippen LogP contribution in [0.25, 0.3) is 0 Å². The quantitative estimate of drug-likeness (QED) is 0.851. The second-order valence-electron chi connectivity index (χ2n) is 5.25. The van der Waals surface area contributed by atoms with Gasteiger partial charge in [-0.05, 0) is 25.0 Å². The molecule has 1 amide bonds. The Kier molecular flexibility index (Phi) is 4.93. The van der Waals surface area contributed by atoms with E-state index < -0.39 is 11.6 Å². The highest BCUT2D eigenvalue weighted by molar-refractivity contribution is 5.81. The summed E-state index contributed by atoms with van der Waals surface area (Å²) in [6.07, 6.45) is 4.42. The van der Waals surface area contributed by atoms with E-state index in [-0.39, 0.29) is 12.5 Å². The molecule has 20 heavy (non-hydrogen) atoms. The third kappa shape index (κ3) is 3.68. The molecule has 1 aromatic rings. The molecule has 1 fully saturated rings. The number of likely N-dealkylation sites (N-methyl/N-ethyl adjacent to an activating group) is 1. The van der Waals surface area contributed by atoms with Crippen LogP contribution in [0.5, 0.6) is 0 Å². The number of likely N-dealkylation sites (tertiary alicyclic amines) is 1. The topological polar surface area (TPSA) is 23.6 Å². The van der Waals surface area contributed by atoms with Gasteiger partial charge in [0.2, 0.25) is 5.91 Å². The summed E-state index contributed by atoms with van der Waals surface area (Å²) in [5.74, 6) is -1.73. The average Bonchev–Trinajstić information content (AvgIpc) is 2.70. The first-order chi connectivity index (χ1) is 9.58. The third-order valence-electron chi connectivity index (χ3n) is 3.68. The first kappa shape index (κ1) is 14.8. The van der Waals surface area contributed by atoms with Crippen molar-refractivity contribution in [1.29, 1.82) is 0 Å². The van der Waals surface area contributed by atoms with Crippen LogP contribution in [0.1, 0.15) is 25.7 Å². The lowest BCUT2D eigenvalue weighted by atomic mass is 10.2. The summed E-state index contributed by atoms with van der Waals surface area (Å²) in [6.45, 7) is 1.78. The van der Waals surface area contributed by atoms with Crippen LogP contribution >= 0.6 is 0 Å². The van der Waals surface area contributed by atoms with Crippen molar-refractivity contribution in [3.8, 4) is 0 Å². The van der Waals surface area contributed by atoms with Crippen molar-refractivity contribution in [1.82, 2.24) is 4.90 Å². The summed E-state index contributed by atoms with van der Waals surface area (Å²) in [7, 11) is 1.71. The van der Waals surface area contributed by atoms with Crippen molar-refractivity contribution in [3.05, 3.63) is 29.8 Å². The van der Waals surface area contributed by atoms with Crippen molar-refractivity contribution in [3.63, 3.8) is 0 Å². The second kappa shape index (κ2) is 6.68. The first-order valence-electron chi connectivity index (χ1n) is 7.02. The standard InChI is InChI=1S/C15H20F2N2O/c1-18(12-6-7-13(16)14(17)10-12)11-15(20)19-8-4-2-3-5-9-19/h6-7,10H,2-5,8-9,11H2,1H3. The molecule has 0 spiro atoms. The van der Waals surface area contributed by atoms with Gasteiger partial charge in [0.1, 0.15) is 0 Å². The van der Waals surface area contributed by atoms with E-state index in [0.29, 0.717) is 5.69 Å². The number of hydrogen-bond acceptors (Lipinski definition) is 2. The van der Waals surface area contributed by atoms with Crippen LogP contribution in [0.2, 0.25) is 0 Å². The normalized spacial score (nSPS) is 15.8. The van der Waals surface area contributed by atoms with Gasteiger partial charge >= 0.3 is 0 Å². The number of benzene rings is 1. The van der Waals surface area contributed by atoms with E-state index in [0.717, 1.165) is 38.1 Å². The maximum absolute atomic E-state index is 13.2. The van der Waals surface area contributed by atoms with Crippen molar-refractivity contribution in [2.24, 2.45) is 0 Å². The molecule has 1 aliphatic rings. The molecule has 1 aromatic carbocycles. The van der Waals surface area contributed by atoms with E-state index in [1.54, 1.807) is 11.9 Å². The highest BCUT2D eigenvalue weighted by Crippen LogP contribution is 2.17. The van der Waals surface area contributed by atoms with Crippen LogP contribution in [-0.2, 0) is 4.79 Å². The molecule has 0 unspecified atom stereocenters. The number of nitrogens with zero attached hydrogens (tertiary/aromatic N) is 2. The minimum Gasteiger partial charge on any atom is -0.365 e. The monoisotopic (exact) mass is 282 g/mol. The van der Waals surface area contributed by atoms with E-state index in [1.807, 2.05) is 4.90 Å². The highest BCUT2D eigenvalue weighted by Gasteiger charge is 2.17. The maximum Gasteiger partial charge on any atom is 0.242 e. The van der Waals surface area contributed by atoms with Gasteiger partial charge in [0, 0.05) is 31.9 Å². The minimum atomic E-state index is -0.892. The van der Waals surface area contributed by atoms with Crippen molar-refractivity contribution < 1.29 is 13.6 Å². The smallest absolute Gasteiger partial charge is 0.242 e. The zero-order valence-corrected chi connectivity index (χ0v) is 11.7. The van der Waals surface area contributed by atoms with Gasteiger partial charge in [0.15, 0.2) is 11.6 Å². The molecule has 0 saturated carbocycles. The molecule has 0 radical (unpaired) electrons. The van der Waals surface area contributed by atoms with E-state index in [1.165, 1.54) is 18.9 Å². The maximum atomic E-state index is 13.2. The summed E-state index contributed by atoms with van der Waals surface area (Å²) in [4.78, 5) is 15.7. The highest BCUT2D eigenvalue weighted by atomic mass is 19.2. The van der Waals surface area contributed by atoms with Gasteiger partial charge < -0.3 is 9.80 Å². The Bertz CT molecular complexity index is 471. The largest absolute Gasteiger partial charge is 0.365 e. The predicted molar refractivity (Wildman–Crippen MR) is 74.7 cm³/mol. The third-order valence-corrected chi connectivity index (χ3v) is 3.68. The number of rotatable bonds is 3. The Morgan fingerprint density at radius 2 is 1.80 bits per heavy atom. The summed E-state index contributed by atoms with van der Waals surface area (Å²) in [6, 6.07) is 3.68. The Morgan fingerprint density at radius 3 is 2.40 bits per heavy atom. The molecule has 110 valence electrons. The fourth-order valence-electron chi connectivity index (χ4n) is 2.44. The summed E-state index contributed by atoms with van der Waals surface area (Å²) < 4.78 is 26.1. The number of halogens is 2. The molecule has 0 bridgehead atoms. The molecule has 0 atom stereocenters. The van der Waals surface area contributed by atoms with Crippen LogP contribution in [0.3, 0.4) is 0 Å². The van der Waals surface area contributed by atoms with Crippen LogP contribution in [0.4, 0.5) is 14.5 Å². The Morgan fingerprint density at radius 1 is 1.15 bits per heavy atom. The SMILES string of the molecule is CN(CC(=O)N1CCCCCC1)c1ccc(F)c(F)c1. The van der Waals surface area contributed by atoms with E-state index in [2.05, 4.69) is 0 Å². The lowest BCUT2D eigenvalue weighted by molar-refractivity contribution is -0.129. The second-order valence-corrected chi connectivity index (χ2v) is 5.25. The number of carbonyl (C=O) groups excluding carboxylic acids is 1. The van der Waals surface area contributed by atoms with Gasteiger partial charge in [-0.3, -0.25) is 4.79 Å². The first-order valence-corrected chi connectivity index (χ1v) is 7.02. The molecule has 0 aromatic heterocycles.